The van der Waals surface area contributed by atoms with Gasteiger partial charge in [-0.1, -0.05) is 13.8 Å². The number of primary amides is 1. The summed E-state index contributed by atoms with van der Waals surface area (Å²) in [7, 11) is 7.18. The van der Waals surface area contributed by atoms with E-state index in [1.165, 1.54) is 5.56 Å². The summed E-state index contributed by atoms with van der Waals surface area (Å²) in [5.74, 6) is 1.41. The third-order valence-corrected chi connectivity index (χ3v) is 6.07. The van der Waals surface area contributed by atoms with Crippen LogP contribution < -0.4 is 15.2 Å². The summed E-state index contributed by atoms with van der Waals surface area (Å²) in [4.78, 5) is 17.6. The van der Waals surface area contributed by atoms with E-state index in [0.717, 1.165) is 27.7 Å². The average Bonchev–Trinajstić information content (AvgIpc) is 3.43. The lowest BCUT2D eigenvalue weighted by Crippen LogP contribution is -2.42. The van der Waals surface area contributed by atoms with Gasteiger partial charge in [0.25, 0.3) is 12.1 Å². The third-order valence-electron chi connectivity index (χ3n) is 6.07. The molecule has 1 aliphatic rings. The van der Waals surface area contributed by atoms with Crippen molar-refractivity contribution in [1.82, 2.24) is 14.9 Å². The summed E-state index contributed by atoms with van der Waals surface area (Å²) < 4.78 is 16.8. The predicted molar refractivity (Wildman–Crippen MR) is 137 cm³/mol. The number of carbonyl (C=O) groups excluding carboxylic acids is 1. The van der Waals surface area contributed by atoms with Crippen LogP contribution in [-0.2, 0) is 9.53 Å². The number of carbonyl (C=O) groups is 1. The highest BCUT2D eigenvalue weighted by molar-refractivity contribution is 6.02. The molecule has 1 aromatic heterocycles. The monoisotopic (exact) mass is 479 g/mol. The molecular weight excluding hydrogens is 446 g/mol. The van der Waals surface area contributed by atoms with Crippen molar-refractivity contribution in [3.63, 3.8) is 0 Å². The number of aromatic nitrogens is 1. The molecule has 9 nitrogen and oxygen atoms in total. The molecule has 0 bridgehead atoms. The smallest absolute Gasteiger partial charge is 0.281 e. The van der Waals surface area contributed by atoms with Gasteiger partial charge in [0.15, 0.2) is 11.5 Å². The summed E-state index contributed by atoms with van der Waals surface area (Å²) in [5.41, 5.74) is 10.6. The molecule has 3 N–H and O–H groups in total. The number of aromatic amines is 1. The molecule has 186 valence electrons. The predicted octanol–water partition coefficient (Wildman–Crippen LogP) is 3.34. The first-order valence-corrected chi connectivity index (χ1v) is 11.6. The molecule has 1 aliphatic heterocycles. The maximum Gasteiger partial charge on any atom is 0.281 e. The molecule has 0 saturated carbocycles. The number of likely N-dealkylation sites (N-methyl/N-ethyl adjacent to an activating group) is 1. The van der Waals surface area contributed by atoms with Gasteiger partial charge in [-0.05, 0) is 62.0 Å². The van der Waals surface area contributed by atoms with Gasteiger partial charge in [0.1, 0.15) is 0 Å². The molecule has 2 aromatic carbocycles. The van der Waals surface area contributed by atoms with Gasteiger partial charge < -0.3 is 29.8 Å². The van der Waals surface area contributed by atoms with E-state index in [2.05, 4.69) is 30.0 Å². The van der Waals surface area contributed by atoms with Gasteiger partial charge in [-0.2, -0.15) is 0 Å². The normalized spacial score (nSPS) is 15.6. The fourth-order valence-electron chi connectivity index (χ4n) is 4.32. The first-order chi connectivity index (χ1) is 16.7. The van der Waals surface area contributed by atoms with Crippen LogP contribution in [-0.4, -0.2) is 74.3 Å². The zero-order chi connectivity index (χ0) is 25.3. The number of nitrogens with one attached hydrogen (secondary N) is 1. The second-order valence-electron chi connectivity index (χ2n) is 9.14. The second-order valence-corrected chi connectivity index (χ2v) is 9.14. The molecule has 0 fully saturated rings. The Labute approximate surface area is 205 Å². The fourth-order valence-corrected chi connectivity index (χ4v) is 4.32. The van der Waals surface area contributed by atoms with Crippen LogP contribution in [0.15, 0.2) is 41.5 Å². The molecule has 1 unspecified atom stereocenters. The number of hydrazone groups is 1. The molecule has 4 rings (SSSR count). The Morgan fingerprint density at radius 1 is 1.14 bits per heavy atom. The molecule has 3 aromatic rings. The molecule has 0 aliphatic carbocycles. The van der Waals surface area contributed by atoms with Crippen LogP contribution in [0.4, 0.5) is 0 Å². The highest BCUT2D eigenvalue weighted by Gasteiger charge is 2.33. The number of benzene rings is 2. The fraction of sp³-hybridized carbons (Fsp3) is 0.385. The van der Waals surface area contributed by atoms with E-state index in [9.17, 15) is 4.79 Å². The van der Waals surface area contributed by atoms with Crippen molar-refractivity contribution in [3.8, 4) is 22.8 Å². The molecular formula is C26H33N5O4. The molecule has 0 radical (unpaired) electrons. The van der Waals surface area contributed by atoms with E-state index in [0.29, 0.717) is 30.5 Å². The highest BCUT2D eigenvalue weighted by Crippen LogP contribution is 2.39. The molecule has 35 heavy (non-hydrogen) atoms. The van der Waals surface area contributed by atoms with Crippen molar-refractivity contribution in [2.75, 3.05) is 41.4 Å². The van der Waals surface area contributed by atoms with Gasteiger partial charge in [0.05, 0.1) is 26.5 Å². The van der Waals surface area contributed by atoms with Gasteiger partial charge in [-0.25, -0.2) is 5.01 Å². The van der Waals surface area contributed by atoms with Gasteiger partial charge in [0, 0.05) is 28.6 Å². The molecule has 1 amide bonds. The molecule has 9 heteroatoms. The largest absolute Gasteiger partial charge is 0.493 e. The van der Waals surface area contributed by atoms with E-state index in [4.69, 9.17) is 19.9 Å². The van der Waals surface area contributed by atoms with Crippen molar-refractivity contribution in [2.24, 2.45) is 10.8 Å². The lowest BCUT2D eigenvalue weighted by molar-refractivity contribution is -0.131. The van der Waals surface area contributed by atoms with Crippen molar-refractivity contribution < 1.29 is 19.0 Å². The van der Waals surface area contributed by atoms with Crippen molar-refractivity contribution in [2.45, 2.75) is 26.0 Å². The molecule has 1 atom stereocenters. The van der Waals surface area contributed by atoms with Crippen LogP contribution in [0, 0.1) is 0 Å². The SMILES string of the molecule is COc1ccc(-c2[nH]c3ccc(C4=NN(CCN(C)C)C(C(N)=O)O4)cc3c2C(C)C)cc1OC. The van der Waals surface area contributed by atoms with Crippen molar-refractivity contribution in [1.29, 1.82) is 0 Å². The average molecular weight is 480 g/mol. The van der Waals surface area contributed by atoms with E-state index in [-0.39, 0.29) is 5.92 Å². The topological polar surface area (TPSA) is 105 Å². The van der Waals surface area contributed by atoms with E-state index in [1.54, 1.807) is 19.2 Å². The Morgan fingerprint density at radius 2 is 1.86 bits per heavy atom. The van der Waals surface area contributed by atoms with Gasteiger partial charge in [-0.15, -0.1) is 5.10 Å². The van der Waals surface area contributed by atoms with Crippen LogP contribution in [0.25, 0.3) is 22.2 Å². The number of ether oxygens (including phenoxy) is 3. The van der Waals surface area contributed by atoms with Crippen LogP contribution in [0.1, 0.15) is 30.9 Å². The maximum atomic E-state index is 12.0. The Balaban J connectivity index is 1.76. The van der Waals surface area contributed by atoms with Gasteiger partial charge in [0.2, 0.25) is 5.90 Å². The van der Waals surface area contributed by atoms with Crippen LogP contribution >= 0.6 is 0 Å². The molecule has 0 spiro atoms. The number of rotatable bonds is 9. The number of fused-ring (bicyclic) bond motifs is 1. The lowest BCUT2D eigenvalue weighted by atomic mass is 9.95. The van der Waals surface area contributed by atoms with E-state index < -0.39 is 12.1 Å². The zero-order valence-corrected chi connectivity index (χ0v) is 21.1. The van der Waals surface area contributed by atoms with E-state index in [1.807, 2.05) is 49.3 Å². The minimum atomic E-state index is -0.918. The summed E-state index contributed by atoms with van der Waals surface area (Å²) in [6, 6.07) is 11.9. The van der Waals surface area contributed by atoms with Crippen molar-refractivity contribution >= 4 is 22.7 Å². The standard InChI is InChI=1S/C26H33N5O4/c1-15(2)22-18-13-17(25-29-31(12-11-30(3)4)26(35-25)24(27)32)7-9-19(18)28-23(22)16-8-10-20(33-5)21(14-16)34-6/h7-10,13-15,26,28H,11-12H2,1-6H3,(H2,27,32). The van der Waals surface area contributed by atoms with Gasteiger partial charge >= 0.3 is 0 Å². The third kappa shape index (κ3) is 4.77. The Hall–Kier alpha value is -3.72. The first-order valence-electron chi connectivity index (χ1n) is 11.6. The number of amides is 1. The number of nitrogens with zero attached hydrogens (tertiary/aromatic N) is 3. The molecule has 0 saturated heterocycles. The summed E-state index contributed by atoms with van der Waals surface area (Å²) >= 11 is 0. The lowest BCUT2D eigenvalue weighted by Gasteiger charge is -2.20. The zero-order valence-electron chi connectivity index (χ0n) is 21.1. The first kappa shape index (κ1) is 24.4. The number of H-pyrrole nitrogens is 1. The summed E-state index contributed by atoms with van der Waals surface area (Å²) in [6.07, 6.45) is -0.918. The Bertz CT molecular complexity index is 1260. The minimum Gasteiger partial charge on any atom is -0.493 e. The summed E-state index contributed by atoms with van der Waals surface area (Å²) in [5, 5.41) is 7.25. The number of hydrogen-bond acceptors (Lipinski definition) is 7. The quantitative estimate of drug-likeness (QED) is 0.488. The molecule has 2 heterocycles. The number of hydrogen-bond donors (Lipinski definition) is 2. The Morgan fingerprint density at radius 3 is 2.49 bits per heavy atom. The van der Waals surface area contributed by atoms with Crippen molar-refractivity contribution in [3.05, 3.63) is 47.5 Å². The van der Waals surface area contributed by atoms with Crippen LogP contribution in [0.5, 0.6) is 11.5 Å². The second kappa shape index (κ2) is 9.87. The van der Waals surface area contributed by atoms with Crippen LogP contribution in [0.3, 0.4) is 0 Å². The van der Waals surface area contributed by atoms with Gasteiger partial charge in [-0.3, -0.25) is 4.79 Å². The summed E-state index contributed by atoms with van der Waals surface area (Å²) in [6.45, 7) is 5.56. The Kier molecular flexibility index (Phi) is 6.88. The van der Waals surface area contributed by atoms with Crippen LogP contribution in [0.2, 0.25) is 0 Å². The maximum absolute atomic E-state index is 12.0. The minimum absolute atomic E-state index is 0.239. The highest BCUT2D eigenvalue weighted by atomic mass is 16.5. The number of methoxy groups -OCH3 is 2. The number of nitrogens with two attached hydrogens (primary N) is 1. The van der Waals surface area contributed by atoms with E-state index >= 15 is 0 Å².